The summed E-state index contributed by atoms with van der Waals surface area (Å²) in [5.74, 6) is 0.151. The van der Waals surface area contributed by atoms with E-state index in [1.165, 1.54) is 12.4 Å². The summed E-state index contributed by atoms with van der Waals surface area (Å²) in [6, 6.07) is 1.59. The van der Waals surface area contributed by atoms with Crippen LogP contribution in [0.15, 0.2) is 12.4 Å². The number of aromatic nitrogens is 2. The predicted octanol–water partition coefficient (Wildman–Crippen LogP) is 1.23. The summed E-state index contributed by atoms with van der Waals surface area (Å²) in [5.41, 5.74) is 0. The highest BCUT2D eigenvalue weighted by atomic mass is 19.1. The van der Waals surface area contributed by atoms with Crippen LogP contribution in [0.2, 0.25) is 0 Å². The van der Waals surface area contributed by atoms with E-state index in [-0.39, 0.29) is 6.04 Å². The van der Waals surface area contributed by atoms with Crippen LogP contribution in [0, 0.1) is 5.95 Å². The van der Waals surface area contributed by atoms with Gasteiger partial charge in [-0.25, -0.2) is 9.97 Å². The SMILES string of the molecule is CC1COCCCN1c1cc(F)ncn1. The molecular weight excluding hydrogens is 197 g/mol. The number of rotatable bonds is 1. The highest BCUT2D eigenvalue weighted by molar-refractivity contribution is 5.38. The van der Waals surface area contributed by atoms with Crippen LogP contribution in [-0.2, 0) is 4.74 Å². The molecular formula is C10H14FN3O. The highest BCUT2D eigenvalue weighted by Gasteiger charge is 2.18. The number of ether oxygens (including phenoxy) is 1. The molecule has 15 heavy (non-hydrogen) atoms. The lowest BCUT2D eigenvalue weighted by molar-refractivity contribution is 0.137. The third kappa shape index (κ3) is 2.41. The van der Waals surface area contributed by atoms with Gasteiger partial charge in [-0.3, -0.25) is 0 Å². The second kappa shape index (κ2) is 4.53. The van der Waals surface area contributed by atoms with Crippen molar-refractivity contribution in [2.75, 3.05) is 24.7 Å². The lowest BCUT2D eigenvalue weighted by atomic mass is 10.3. The van der Waals surface area contributed by atoms with Crippen molar-refractivity contribution in [3.8, 4) is 0 Å². The van der Waals surface area contributed by atoms with Crippen LogP contribution in [-0.4, -0.2) is 35.8 Å². The maximum atomic E-state index is 12.9. The van der Waals surface area contributed by atoms with Gasteiger partial charge < -0.3 is 9.64 Å². The molecule has 1 aromatic rings. The average molecular weight is 211 g/mol. The second-order valence-corrected chi connectivity index (χ2v) is 3.67. The van der Waals surface area contributed by atoms with Crippen LogP contribution >= 0.6 is 0 Å². The first-order chi connectivity index (χ1) is 7.27. The van der Waals surface area contributed by atoms with Gasteiger partial charge in [-0.1, -0.05) is 0 Å². The molecule has 0 bridgehead atoms. The molecule has 0 radical (unpaired) electrons. The minimum Gasteiger partial charge on any atom is -0.379 e. The minimum absolute atomic E-state index is 0.224. The summed E-state index contributed by atoms with van der Waals surface area (Å²) >= 11 is 0. The molecule has 5 heteroatoms. The van der Waals surface area contributed by atoms with E-state index in [1.807, 2.05) is 6.92 Å². The van der Waals surface area contributed by atoms with Gasteiger partial charge >= 0.3 is 0 Å². The first-order valence-electron chi connectivity index (χ1n) is 5.09. The summed E-state index contributed by atoms with van der Waals surface area (Å²) < 4.78 is 18.4. The molecule has 0 aliphatic carbocycles. The van der Waals surface area contributed by atoms with E-state index in [2.05, 4.69) is 14.9 Å². The van der Waals surface area contributed by atoms with Gasteiger partial charge in [0.05, 0.1) is 12.6 Å². The lowest BCUT2D eigenvalue weighted by Gasteiger charge is -2.27. The van der Waals surface area contributed by atoms with Crippen LogP contribution in [0.4, 0.5) is 10.2 Å². The third-order valence-electron chi connectivity index (χ3n) is 2.49. The largest absolute Gasteiger partial charge is 0.379 e. The van der Waals surface area contributed by atoms with Crippen molar-refractivity contribution in [3.05, 3.63) is 18.3 Å². The molecule has 1 fully saturated rings. The zero-order valence-corrected chi connectivity index (χ0v) is 8.69. The van der Waals surface area contributed by atoms with E-state index in [1.54, 1.807) is 0 Å². The number of anilines is 1. The van der Waals surface area contributed by atoms with E-state index in [0.29, 0.717) is 12.4 Å². The van der Waals surface area contributed by atoms with Crippen LogP contribution in [0.25, 0.3) is 0 Å². The van der Waals surface area contributed by atoms with E-state index in [4.69, 9.17) is 4.74 Å². The van der Waals surface area contributed by atoms with Crippen LogP contribution in [0.3, 0.4) is 0 Å². The molecule has 2 heterocycles. The first kappa shape index (κ1) is 10.3. The first-order valence-corrected chi connectivity index (χ1v) is 5.09. The average Bonchev–Trinajstić information content (AvgIpc) is 2.43. The van der Waals surface area contributed by atoms with Gasteiger partial charge in [-0.2, -0.15) is 4.39 Å². The molecule has 2 rings (SSSR count). The summed E-state index contributed by atoms with van der Waals surface area (Å²) in [6.07, 6.45) is 2.19. The van der Waals surface area contributed by atoms with Crippen molar-refractivity contribution in [2.24, 2.45) is 0 Å². The van der Waals surface area contributed by atoms with Crippen LogP contribution in [0.5, 0.6) is 0 Å². The number of hydrogen-bond acceptors (Lipinski definition) is 4. The lowest BCUT2D eigenvalue weighted by Crippen LogP contribution is -2.35. The molecule has 0 N–H and O–H groups in total. The van der Waals surface area contributed by atoms with Crippen molar-refractivity contribution >= 4 is 5.82 Å². The van der Waals surface area contributed by atoms with Crippen molar-refractivity contribution < 1.29 is 9.13 Å². The Kier molecular flexibility index (Phi) is 3.11. The minimum atomic E-state index is -0.489. The summed E-state index contributed by atoms with van der Waals surface area (Å²) in [6.45, 7) is 4.31. The molecule has 0 amide bonds. The Bertz CT molecular complexity index is 334. The molecule has 1 aliphatic heterocycles. The third-order valence-corrected chi connectivity index (χ3v) is 2.49. The zero-order valence-electron chi connectivity index (χ0n) is 8.69. The summed E-state index contributed by atoms with van der Waals surface area (Å²) in [5, 5.41) is 0. The van der Waals surface area contributed by atoms with E-state index in [9.17, 15) is 4.39 Å². The Morgan fingerprint density at radius 1 is 1.53 bits per heavy atom. The second-order valence-electron chi connectivity index (χ2n) is 3.67. The number of nitrogens with zero attached hydrogens (tertiary/aromatic N) is 3. The molecule has 0 spiro atoms. The molecule has 4 nitrogen and oxygen atoms in total. The maximum absolute atomic E-state index is 12.9. The predicted molar refractivity (Wildman–Crippen MR) is 54.2 cm³/mol. The van der Waals surface area contributed by atoms with Gasteiger partial charge in [0.2, 0.25) is 5.95 Å². The normalized spacial score (nSPS) is 22.5. The summed E-state index contributed by atoms with van der Waals surface area (Å²) in [7, 11) is 0. The summed E-state index contributed by atoms with van der Waals surface area (Å²) in [4.78, 5) is 9.58. The van der Waals surface area contributed by atoms with Gasteiger partial charge in [-0.05, 0) is 13.3 Å². The number of halogens is 1. The monoisotopic (exact) mass is 211 g/mol. The number of hydrogen-bond donors (Lipinski definition) is 0. The highest BCUT2D eigenvalue weighted by Crippen LogP contribution is 2.16. The fraction of sp³-hybridized carbons (Fsp3) is 0.600. The van der Waals surface area contributed by atoms with Gasteiger partial charge in [-0.15, -0.1) is 0 Å². The Morgan fingerprint density at radius 2 is 2.40 bits per heavy atom. The van der Waals surface area contributed by atoms with E-state index in [0.717, 1.165) is 19.6 Å². The van der Waals surface area contributed by atoms with E-state index < -0.39 is 5.95 Å². The Balaban J connectivity index is 2.20. The fourth-order valence-electron chi connectivity index (χ4n) is 1.72. The standard InChI is InChI=1S/C10H14FN3O/c1-8-6-15-4-2-3-14(8)10-5-9(11)12-7-13-10/h5,7-8H,2-4,6H2,1H3. The fourth-order valence-corrected chi connectivity index (χ4v) is 1.72. The van der Waals surface area contributed by atoms with Gasteiger partial charge in [0.15, 0.2) is 0 Å². The van der Waals surface area contributed by atoms with Crippen LogP contribution < -0.4 is 4.90 Å². The zero-order chi connectivity index (χ0) is 10.7. The topological polar surface area (TPSA) is 38.2 Å². The molecule has 82 valence electrons. The molecule has 1 aliphatic rings. The van der Waals surface area contributed by atoms with Gasteiger partial charge in [0.25, 0.3) is 0 Å². The quantitative estimate of drug-likeness (QED) is 0.655. The van der Waals surface area contributed by atoms with Crippen LogP contribution in [0.1, 0.15) is 13.3 Å². The van der Waals surface area contributed by atoms with Crippen molar-refractivity contribution in [1.82, 2.24) is 9.97 Å². The van der Waals surface area contributed by atoms with E-state index >= 15 is 0 Å². The Labute approximate surface area is 88.1 Å². The van der Waals surface area contributed by atoms with Gasteiger partial charge in [0, 0.05) is 19.2 Å². The Hall–Kier alpha value is -1.23. The molecule has 1 atom stereocenters. The molecule has 1 saturated heterocycles. The smallest absolute Gasteiger partial charge is 0.218 e. The van der Waals surface area contributed by atoms with Crippen molar-refractivity contribution in [1.29, 1.82) is 0 Å². The molecule has 0 saturated carbocycles. The van der Waals surface area contributed by atoms with Crippen molar-refractivity contribution in [2.45, 2.75) is 19.4 Å². The van der Waals surface area contributed by atoms with Crippen molar-refractivity contribution in [3.63, 3.8) is 0 Å². The maximum Gasteiger partial charge on any atom is 0.218 e. The molecule has 1 aromatic heterocycles. The van der Waals surface area contributed by atoms with Gasteiger partial charge in [0.1, 0.15) is 12.1 Å². The molecule has 0 aromatic carbocycles. The molecule has 1 unspecified atom stereocenters. The Morgan fingerprint density at radius 3 is 3.20 bits per heavy atom.